The van der Waals surface area contributed by atoms with Crippen LogP contribution in [-0.2, 0) is 20.7 Å². The van der Waals surface area contributed by atoms with Crippen molar-refractivity contribution in [3.05, 3.63) is 35.5 Å². The lowest BCUT2D eigenvalue weighted by atomic mass is 9.95. The van der Waals surface area contributed by atoms with E-state index in [1.807, 2.05) is 32.0 Å². The number of fused-ring (bicyclic) bond motifs is 1. The van der Waals surface area contributed by atoms with E-state index in [9.17, 15) is 19.2 Å². The number of nitrogens with zero attached hydrogens (tertiary/aromatic N) is 1. The van der Waals surface area contributed by atoms with Crippen LogP contribution in [0.1, 0.15) is 56.0 Å². The summed E-state index contributed by atoms with van der Waals surface area (Å²) in [7, 11) is 0. The van der Waals surface area contributed by atoms with Gasteiger partial charge in [-0.25, -0.2) is 4.79 Å². The third-order valence-electron chi connectivity index (χ3n) is 5.51. The molecule has 0 unspecified atom stereocenters. The quantitative estimate of drug-likeness (QED) is 0.373. The van der Waals surface area contributed by atoms with Crippen molar-refractivity contribution in [2.75, 3.05) is 13.2 Å². The second kappa shape index (κ2) is 8.69. The number of hydrogen-bond donors (Lipinski definition) is 2. The molecule has 2 heterocycles. The van der Waals surface area contributed by atoms with Crippen LogP contribution in [0.15, 0.2) is 24.4 Å². The van der Waals surface area contributed by atoms with Gasteiger partial charge in [-0.3, -0.25) is 19.3 Å². The van der Waals surface area contributed by atoms with Crippen LogP contribution in [-0.4, -0.2) is 52.3 Å². The maximum atomic E-state index is 12.6. The molecule has 30 heavy (non-hydrogen) atoms. The molecular weight excluding hydrogens is 386 g/mol. The fraction of sp³-hybridized carbons (Fsp3) is 0.455. The first-order valence-corrected chi connectivity index (χ1v) is 10.2. The predicted octanol–water partition coefficient (Wildman–Crippen LogP) is 2.96. The van der Waals surface area contributed by atoms with Gasteiger partial charge in [0, 0.05) is 22.7 Å². The average molecular weight is 413 g/mol. The lowest BCUT2D eigenvalue weighted by Crippen LogP contribution is -2.44. The highest BCUT2D eigenvalue weighted by atomic mass is 16.5. The number of carbonyl (C=O) groups excluding carboxylic acids is 4. The van der Waals surface area contributed by atoms with E-state index < -0.39 is 36.6 Å². The van der Waals surface area contributed by atoms with Gasteiger partial charge < -0.3 is 15.0 Å². The number of carbonyl (C=O) groups is 4. The fourth-order valence-corrected chi connectivity index (χ4v) is 3.73. The number of hydrogen-bond acceptors (Lipinski definition) is 5. The van der Waals surface area contributed by atoms with E-state index in [4.69, 9.17) is 4.74 Å². The molecule has 1 aliphatic rings. The lowest BCUT2D eigenvalue weighted by molar-refractivity contribution is -0.146. The molecule has 8 heteroatoms. The summed E-state index contributed by atoms with van der Waals surface area (Å²) in [5.41, 5.74) is 1.41. The van der Waals surface area contributed by atoms with Gasteiger partial charge in [0.25, 0.3) is 5.91 Å². The summed E-state index contributed by atoms with van der Waals surface area (Å²) >= 11 is 0. The van der Waals surface area contributed by atoms with E-state index in [0.29, 0.717) is 12.0 Å². The van der Waals surface area contributed by atoms with Gasteiger partial charge in [-0.2, -0.15) is 0 Å². The van der Waals surface area contributed by atoms with E-state index in [1.165, 1.54) is 0 Å². The summed E-state index contributed by atoms with van der Waals surface area (Å²) in [5, 5.41) is 3.42. The number of ether oxygens (including phenoxy) is 1. The van der Waals surface area contributed by atoms with Crippen LogP contribution < -0.4 is 5.32 Å². The molecule has 0 aliphatic carbocycles. The Morgan fingerprint density at radius 1 is 1.20 bits per heavy atom. The Morgan fingerprint density at radius 2 is 1.97 bits per heavy atom. The normalized spacial score (nSPS) is 18.7. The van der Waals surface area contributed by atoms with Crippen molar-refractivity contribution in [2.24, 2.45) is 0 Å². The molecule has 1 aliphatic heterocycles. The van der Waals surface area contributed by atoms with Crippen molar-refractivity contribution in [1.82, 2.24) is 15.2 Å². The van der Waals surface area contributed by atoms with Crippen LogP contribution in [0, 0.1) is 0 Å². The third-order valence-corrected chi connectivity index (χ3v) is 5.51. The molecule has 1 saturated heterocycles. The maximum absolute atomic E-state index is 12.6. The Hall–Kier alpha value is -3.16. The Morgan fingerprint density at radius 3 is 2.67 bits per heavy atom. The molecule has 2 aromatic rings. The highest BCUT2D eigenvalue weighted by molar-refractivity contribution is 6.10. The Balaban J connectivity index is 1.60. The number of benzene rings is 1. The molecule has 3 amide bonds. The average Bonchev–Trinajstić information content (AvgIpc) is 3.25. The number of Topliss-reactive ketones (excluding diaryl/α,β-unsaturated/α-hetero) is 1. The van der Waals surface area contributed by atoms with Crippen molar-refractivity contribution >= 4 is 34.6 Å². The molecule has 1 aromatic heterocycles. The van der Waals surface area contributed by atoms with Gasteiger partial charge in [0.2, 0.25) is 5.78 Å². The minimum absolute atomic E-state index is 0.354. The zero-order valence-corrected chi connectivity index (χ0v) is 17.5. The molecule has 0 spiro atoms. The second-order valence-electron chi connectivity index (χ2n) is 7.74. The summed E-state index contributed by atoms with van der Waals surface area (Å²) in [6.45, 7) is 4.70. The molecule has 160 valence electrons. The number of unbranched alkanes of at least 4 members (excludes halogenated alkanes) is 1. The van der Waals surface area contributed by atoms with Crippen LogP contribution in [0.4, 0.5) is 4.79 Å². The predicted molar refractivity (Wildman–Crippen MR) is 111 cm³/mol. The second-order valence-corrected chi connectivity index (χ2v) is 7.74. The lowest BCUT2D eigenvalue weighted by Gasteiger charge is -2.21. The minimum atomic E-state index is -1.01. The van der Waals surface area contributed by atoms with E-state index in [0.717, 1.165) is 40.6 Å². The Labute approximate surface area is 174 Å². The summed E-state index contributed by atoms with van der Waals surface area (Å²) in [6, 6.07) is 5.08. The summed E-state index contributed by atoms with van der Waals surface area (Å²) in [6.07, 6.45) is 4.59. The molecule has 0 radical (unpaired) electrons. The first-order chi connectivity index (χ1) is 14.3. The smallest absolute Gasteiger partial charge is 0.326 e. The van der Waals surface area contributed by atoms with Gasteiger partial charge in [-0.15, -0.1) is 0 Å². The van der Waals surface area contributed by atoms with Crippen LogP contribution in [0.2, 0.25) is 0 Å². The number of para-hydroxylation sites is 1. The zero-order valence-electron chi connectivity index (χ0n) is 17.5. The molecule has 1 aromatic carbocycles. The van der Waals surface area contributed by atoms with Crippen LogP contribution in [0.25, 0.3) is 10.9 Å². The van der Waals surface area contributed by atoms with Gasteiger partial charge in [0.15, 0.2) is 6.61 Å². The molecule has 0 bridgehead atoms. The number of imide groups is 1. The van der Waals surface area contributed by atoms with Gasteiger partial charge >= 0.3 is 12.0 Å². The van der Waals surface area contributed by atoms with Crippen molar-refractivity contribution < 1.29 is 23.9 Å². The number of aryl methyl sites for hydroxylation is 1. The van der Waals surface area contributed by atoms with Crippen LogP contribution >= 0.6 is 0 Å². The molecule has 3 rings (SSSR count). The Bertz CT molecular complexity index is 996. The number of ketones is 1. The highest BCUT2D eigenvalue weighted by Gasteiger charge is 2.47. The van der Waals surface area contributed by atoms with E-state index >= 15 is 0 Å². The standard InChI is InChI=1S/C22H27N3O5/c1-4-6-10-22(3)20(28)25(21(29)24-22)12-18(27)30-13-17(26)16-11-23-19-14(5-2)8-7-9-15(16)19/h7-9,11,23H,4-6,10,12-13H2,1-3H3,(H,24,29)/t22-/m0/s1. The van der Waals surface area contributed by atoms with Crippen LogP contribution in [0.5, 0.6) is 0 Å². The molecular formula is C22H27N3O5. The third kappa shape index (κ3) is 4.08. The van der Waals surface area contributed by atoms with E-state index in [2.05, 4.69) is 10.3 Å². The topological polar surface area (TPSA) is 109 Å². The van der Waals surface area contributed by atoms with Gasteiger partial charge in [-0.1, -0.05) is 44.9 Å². The number of aromatic amines is 1. The van der Waals surface area contributed by atoms with Gasteiger partial charge in [0.1, 0.15) is 12.1 Å². The Kier molecular flexibility index (Phi) is 6.24. The molecule has 1 atom stereocenters. The molecule has 8 nitrogen and oxygen atoms in total. The first kappa shape index (κ1) is 21.5. The van der Waals surface area contributed by atoms with Crippen molar-refractivity contribution in [1.29, 1.82) is 0 Å². The number of esters is 1. The van der Waals surface area contributed by atoms with E-state index in [-0.39, 0.29) is 5.78 Å². The van der Waals surface area contributed by atoms with Crippen molar-refractivity contribution in [3.63, 3.8) is 0 Å². The molecule has 2 N–H and O–H groups in total. The number of nitrogens with one attached hydrogen (secondary N) is 2. The maximum Gasteiger partial charge on any atom is 0.326 e. The van der Waals surface area contributed by atoms with Gasteiger partial charge in [0.05, 0.1) is 0 Å². The number of amides is 3. The molecule has 1 fully saturated rings. The highest BCUT2D eigenvalue weighted by Crippen LogP contribution is 2.24. The summed E-state index contributed by atoms with van der Waals surface area (Å²) < 4.78 is 5.06. The minimum Gasteiger partial charge on any atom is -0.456 e. The number of rotatable bonds is 9. The fourth-order valence-electron chi connectivity index (χ4n) is 3.73. The summed E-state index contributed by atoms with van der Waals surface area (Å²) in [5.74, 6) is -1.61. The van der Waals surface area contributed by atoms with Crippen LogP contribution in [0.3, 0.4) is 0 Å². The zero-order chi connectivity index (χ0) is 21.9. The SMILES string of the molecule is CCCC[C@]1(C)NC(=O)N(CC(=O)OCC(=O)c2c[nH]c3c(CC)cccc23)C1=O. The molecule has 0 saturated carbocycles. The summed E-state index contributed by atoms with van der Waals surface area (Å²) in [4.78, 5) is 53.4. The first-order valence-electron chi connectivity index (χ1n) is 10.2. The number of aromatic nitrogens is 1. The van der Waals surface area contributed by atoms with E-state index in [1.54, 1.807) is 13.1 Å². The van der Waals surface area contributed by atoms with Crippen molar-refractivity contribution in [3.8, 4) is 0 Å². The van der Waals surface area contributed by atoms with Gasteiger partial charge in [-0.05, 0) is 25.3 Å². The number of H-pyrrole nitrogens is 1. The number of urea groups is 1. The monoisotopic (exact) mass is 413 g/mol. The van der Waals surface area contributed by atoms with Crippen molar-refractivity contribution in [2.45, 2.75) is 52.0 Å². The largest absolute Gasteiger partial charge is 0.456 e.